The van der Waals surface area contributed by atoms with Gasteiger partial charge in [0.15, 0.2) is 0 Å². The number of unbranched alkanes of at least 4 members (excludes halogenated alkanes) is 30. The van der Waals surface area contributed by atoms with Gasteiger partial charge < -0.3 is 105 Å². The maximum atomic E-state index is 11.4. The highest BCUT2D eigenvalue weighted by atomic mass is 32.1. The van der Waals surface area contributed by atoms with Gasteiger partial charge in [-0.25, -0.2) is 9.36 Å². The van der Waals surface area contributed by atoms with Gasteiger partial charge >= 0.3 is 0 Å². The molecule has 2 atom stereocenters. The van der Waals surface area contributed by atoms with Crippen LogP contribution in [0.3, 0.4) is 0 Å². The lowest BCUT2D eigenvalue weighted by atomic mass is 9.92. The molecule has 0 aromatic carbocycles. The molecule has 0 spiro atoms. The molecule has 2 heterocycles. The van der Waals surface area contributed by atoms with Gasteiger partial charge in [0.2, 0.25) is 11.8 Å². The molecule has 0 aliphatic carbocycles. The fourth-order valence-electron chi connectivity index (χ4n) is 14.0. The minimum absolute atomic E-state index is 0.0154. The van der Waals surface area contributed by atoms with Gasteiger partial charge in [-0.1, -0.05) is 236 Å². The number of rotatable bonds is 110. The number of ether oxygens (including phenoxy) is 20. The SMILES string of the molecule is CCCCCCCC(CCCCCCCCCCCCCCCCCCCCCCCCCCCC(CCCCC)c1cn(CCOCCOCCOCCOCCOCCOCCOCCOCCOCCOCCNC(=O)CCS)nn1)c1cn(CCOCCOCCOCCOCCOCCOCCOCCOCCOCCOCCNC(=O)CCS)nn1. The van der Waals surface area contributed by atoms with Crippen LogP contribution < -0.4 is 10.6 Å². The first-order chi connectivity index (χ1) is 63.0. The second kappa shape index (κ2) is 102. The number of aromatic nitrogens is 6. The maximum absolute atomic E-state index is 11.4. The van der Waals surface area contributed by atoms with Crippen LogP contribution in [0.15, 0.2) is 12.4 Å². The first kappa shape index (κ1) is 120. The number of hydrogen-bond donors (Lipinski definition) is 4. The van der Waals surface area contributed by atoms with Crippen molar-refractivity contribution >= 4 is 37.1 Å². The van der Waals surface area contributed by atoms with E-state index in [1.807, 2.05) is 9.36 Å². The molecule has 0 radical (unpaired) electrons. The summed E-state index contributed by atoms with van der Waals surface area (Å²) in [6.07, 6.45) is 54.8. The molecule has 748 valence electrons. The number of thiol groups is 2. The molecule has 127 heavy (non-hydrogen) atoms. The predicted octanol–water partition coefficient (Wildman–Crippen LogP) is 15.4. The van der Waals surface area contributed by atoms with Crippen molar-refractivity contribution in [1.29, 1.82) is 0 Å². The van der Waals surface area contributed by atoms with Crippen molar-refractivity contribution < 1.29 is 104 Å². The summed E-state index contributed by atoms with van der Waals surface area (Å²) in [6, 6.07) is 0. The van der Waals surface area contributed by atoms with E-state index in [0.29, 0.717) is 327 Å². The van der Waals surface area contributed by atoms with Crippen LogP contribution in [0.25, 0.3) is 0 Å². The van der Waals surface area contributed by atoms with E-state index in [9.17, 15) is 9.59 Å². The molecule has 0 bridgehead atoms. The van der Waals surface area contributed by atoms with E-state index in [1.165, 1.54) is 238 Å². The topological polar surface area (TPSA) is 304 Å². The second-order valence-corrected chi connectivity index (χ2v) is 33.1. The minimum Gasteiger partial charge on any atom is -0.377 e. The Labute approximate surface area is 779 Å². The lowest BCUT2D eigenvalue weighted by Gasteiger charge is -2.14. The van der Waals surface area contributed by atoms with E-state index in [4.69, 9.17) is 94.7 Å². The zero-order chi connectivity index (χ0) is 90.5. The van der Waals surface area contributed by atoms with Gasteiger partial charge in [0.1, 0.15) is 0 Å². The number of nitrogens with one attached hydrogen (secondary N) is 2. The standard InChI is InChI=1S/C95H184N8O22S2/c1-3-5-7-29-33-37-91(93-89-103(101-99-93)45-49-109-53-57-113-61-65-117-69-73-121-77-81-125-85-83-123-79-75-119-71-67-115-63-59-111-55-51-107-47-43-97-95(105)41-87-127)39-35-31-28-26-24-22-20-18-16-14-12-10-8-9-11-13-15-17-19-21-23-25-27-30-34-38-90(36-32-6-4-2)92-88-102(100-98-92)44-48-108-52-56-112-60-64-116-68-72-120-76-80-124-84-82-122-78-74-118-70-66-114-62-58-110-54-50-106-46-42-96-94(104)40-86-126/h88-91,126-127H,3-87H2,1-2H3,(H,96,104)(H,97,105). The van der Waals surface area contributed by atoms with Crippen LogP contribution in [0.1, 0.15) is 287 Å². The first-order valence-corrected chi connectivity index (χ1v) is 51.4. The third kappa shape index (κ3) is 88.2. The van der Waals surface area contributed by atoms with Crippen molar-refractivity contribution in [2.45, 2.75) is 289 Å². The molecule has 2 N–H and O–H groups in total. The highest BCUT2D eigenvalue weighted by molar-refractivity contribution is 7.80. The van der Waals surface area contributed by atoms with Gasteiger partial charge in [-0.3, -0.25) is 9.59 Å². The van der Waals surface area contributed by atoms with E-state index in [1.54, 1.807) is 0 Å². The van der Waals surface area contributed by atoms with Crippen molar-refractivity contribution in [3.05, 3.63) is 23.8 Å². The normalized spacial score (nSPS) is 12.3. The van der Waals surface area contributed by atoms with Gasteiger partial charge in [0.25, 0.3) is 0 Å². The second-order valence-electron chi connectivity index (χ2n) is 32.2. The molecule has 30 nitrogen and oxygen atoms in total. The van der Waals surface area contributed by atoms with Crippen molar-refractivity contribution in [3.63, 3.8) is 0 Å². The summed E-state index contributed by atoms with van der Waals surface area (Å²) >= 11 is 8.07. The Balaban J connectivity index is 1.30. The Morgan fingerprint density at radius 3 is 0.614 bits per heavy atom. The molecular formula is C95H184N8O22S2. The van der Waals surface area contributed by atoms with Gasteiger partial charge in [0.05, 0.1) is 289 Å². The van der Waals surface area contributed by atoms with Gasteiger partial charge in [-0.2, -0.15) is 25.3 Å². The number of nitrogens with zero attached hydrogens (tertiary/aromatic N) is 6. The molecule has 0 saturated carbocycles. The summed E-state index contributed by atoms with van der Waals surface area (Å²) in [4.78, 5) is 22.7. The molecule has 2 aromatic rings. The molecule has 32 heteroatoms. The average molecular weight is 1850 g/mol. The third-order valence-corrected chi connectivity index (χ3v) is 21.8. The molecule has 0 fully saturated rings. The number of carbonyl (C=O) groups is 2. The molecule has 2 unspecified atom stereocenters. The summed E-state index contributed by atoms with van der Waals surface area (Å²) < 4.78 is 116. The van der Waals surface area contributed by atoms with Crippen LogP contribution in [-0.4, -0.2) is 331 Å². The maximum Gasteiger partial charge on any atom is 0.220 e. The summed E-state index contributed by atoms with van der Waals surface area (Å²) in [6.45, 7) is 26.9. The average Bonchev–Trinajstić information content (AvgIpc) is 1.74. The third-order valence-electron chi connectivity index (χ3n) is 21.3. The van der Waals surface area contributed by atoms with Crippen LogP contribution in [-0.2, 0) is 117 Å². The Hall–Kier alpha value is -2.88. The molecule has 2 rings (SSSR count). The Kier molecular flexibility index (Phi) is 96.6. The van der Waals surface area contributed by atoms with Gasteiger partial charge in [-0.05, 0) is 37.2 Å². The fourth-order valence-corrected chi connectivity index (χ4v) is 14.4. The zero-order valence-corrected chi connectivity index (χ0v) is 81.8. The largest absolute Gasteiger partial charge is 0.377 e. The van der Waals surface area contributed by atoms with E-state index >= 15 is 0 Å². The van der Waals surface area contributed by atoms with E-state index in [0.717, 1.165) is 11.4 Å². The summed E-state index contributed by atoms with van der Waals surface area (Å²) in [5, 5.41) is 23.8. The Bertz CT molecular complexity index is 2500. The molecule has 0 aliphatic rings. The summed E-state index contributed by atoms with van der Waals surface area (Å²) in [5.41, 5.74) is 2.30. The van der Waals surface area contributed by atoms with Crippen LogP contribution in [0.2, 0.25) is 0 Å². The molecule has 0 aliphatic heterocycles. The monoisotopic (exact) mass is 1850 g/mol. The lowest BCUT2D eigenvalue weighted by Crippen LogP contribution is -2.27. The van der Waals surface area contributed by atoms with Crippen molar-refractivity contribution in [2.75, 3.05) is 289 Å². The molecular weight excluding hydrogens is 1670 g/mol. The Morgan fingerprint density at radius 1 is 0.252 bits per heavy atom. The smallest absolute Gasteiger partial charge is 0.220 e. The summed E-state index contributed by atoms with van der Waals surface area (Å²) in [7, 11) is 0. The quantitative estimate of drug-likeness (QED) is 0.0353. The highest BCUT2D eigenvalue weighted by Crippen LogP contribution is 2.29. The van der Waals surface area contributed by atoms with Crippen LogP contribution in [0.5, 0.6) is 0 Å². The van der Waals surface area contributed by atoms with Gasteiger partial charge in [-0.15, -0.1) is 10.2 Å². The molecule has 0 saturated heterocycles. The molecule has 2 aromatic heterocycles. The minimum atomic E-state index is -0.0155. The van der Waals surface area contributed by atoms with Gasteiger partial charge in [0, 0.05) is 50.2 Å². The fraction of sp³-hybridized carbons (Fsp3) is 0.937. The van der Waals surface area contributed by atoms with Crippen molar-refractivity contribution in [2.24, 2.45) is 0 Å². The number of hydrogen-bond acceptors (Lipinski definition) is 28. The van der Waals surface area contributed by atoms with E-state index in [2.05, 4.69) is 82.8 Å². The first-order valence-electron chi connectivity index (χ1n) is 50.1. The number of carbonyl (C=O) groups excluding carboxylic acids is 2. The van der Waals surface area contributed by atoms with E-state index in [-0.39, 0.29) is 11.8 Å². The zero-order valence-electron chi connectivity index (χ0n) is 80.0. The van der Waals surface area contributed by atoms with E-state index < -0.39 is 0 Å². The highest BCUT2D eigenvalue weighted by Gasteiger charge is 2.18. The predicted molar refractivity (Wildman–Crippen MR) is 507 cm³/mol. The van der Waals surface area contributed by atoms with Crippen LogP contribution >= 0.6 is 25.3 Å². The molecule has 2 amide bonds. The summed E-state index contributed by atoms with van der Waals surface area (Å²) in [5.74, 6) is 2.02. The Morgan fingerprint density at radius 2 is 0.417 bits per heavy atom. The van der Waals surface area contributed by atoms with Crippen molar-refractivity contribution in [1.82, 2.24) is 40.6 Å². The van der Waals surface area contributed by atoms with Crippen LogP contribution in [0, 0.1) is 0 Å². The number of amides is 2. The van der Waals surface area contributed by atoms with Crippen LogP contribution in [0.4, 0.5) is 0 Å². The van der Waals surface area contributed by atoms with Crippen molar-refractivity contribution in [3.8, 4) is 0 Å². The lowest BCUT2D eigenvalue weighted by molar-refractivity contribution is -0.121.